The van der Waals surface area contributed by atoms with Crippen LogP contribution >= 0.6 is 0 Å². The standard InChI is InChI=1S/C14H21F3N2/c1-10(2)5-3-4-8-19-13-7-6-11(9-12(13)18)14(15,16)17/h6-7,9-10,19H,3-5,8,18H2,1-2H3. The topological polar surface area (TPSA) is 38.0 Å². The summed E-state index contributed by atoms with van der Waals surface area (Å²) in [5, 5.41) is 3.07. The minimum Gasteiger partial charge on any atom is -0.397 e. The first kappa shape index (κ1) is 15.7. The molecular formula is C14H21F3N2. The molecule has 108 valence electrons. The van der Waals surface area contributed by atoms with Crippen LogP contribution in [-0.4, -0.2) is 6.54 Å². The van der Waals surface area contributed by atoms with Gasteiger partial charge in [0.2, 0.25) is 0 Å². The fourth-order valence-corrected chi connectivity index (χ4v) is 1.80. The van der Waals surface area contributed by atoms with E-state index in [1.54, 1.807) is 0 Å². The number of alkyl halides is 3. The molecular weight excluding hydrogens is 253 g/mol. The first-order valence-electron chi connectivity index (χ1n) is 6.51. The van der Waals surface area contributed by atoms with Gasteiger partial charge in [-0.05, 0) is 30.5 Å². The monoisotopic (exact) mass is 274 g/mol. The highest BCUT2D eigenvalue weighted by molar-refractivity contribution is 5.67. The molecule has 5 heteroatoms. The predicted molar refractivity (Wildman–Crippen MR) is 73.0 cm³/mol. The summed E-state index contributed by atoms with van der Waals surface area (Å²) in [6.45, 7) is 5.06. The molecule has 2 nitrogen and oxygen atoms in total. The average Bonchev–Trinajstić information content (AvgIpc) is 2.28. The number of nitrogen functional groups attached to an aromatic ring is 1. The van der Waals surface area contributed by atoms with Crippen LogP contribution in [-0.2, 0) is 6.18 Å². The molecule has 19 heavy (non-hydrogen) atoms. The Bertz CT molecular complexity index is 400. The lowest BCUT2D eigenvalue weighted by Gasteiger charge is -2.12. The Morgan fingerprint density at radius 2 is 1.89 bits per heavy atom. The Balaban J connectivity index is 2.47. The summed E-state index contributed by atoms with van der Waals surface area (Å²) in [7, 11) is 0. The van der Waals surface area contributed by atoms with E-state index in [0.29, 0.717) is 11.6 Å². The molecule has 0 amide bonds. The molecule has 0 fully saturated rings. The largest absolute Gasteiger partial charge is 0.416 e. The fraction of sp³-hybridized carbons (Fsp3) is 0.571. The smallest absolute Gasteiger partial charge is 0.397 e. The van der Waals surface area contributed by atoms with Crippen LogP contribution in [0.5, 0.6) is 0 Å². The van der Waals surface area contributed by atoms with Crippen molar-refractivity contribution in [3.63, 3.8) is 0 Å². The molecule has 0 heterocycles. The van der Waals surface area contributed by atoms with Crippen LogP contribution in [0.2, 0.25) is 0 Å². The summed E-state index contributed by atoms with van der Waals surface area (Å²) in [5.74, 6) is 0.677. The molecule has 0 saturated carbocycles. The molecule has 0 aromatic heterocycles. The summed E-state index contributed by atoms with van der Waals surface area (Å²) in [5.41, 5.74) is 5.61. The zero-order valence-electron chi connectivity index (χ0n) is 11.3. The molecule has 1 aromatic carbocycles. The lowest BCUT2D eigenvalue weighted by atomic mass is 10.1. The number of nitrogens with two attached hydrogens (primary N) is 1. The van der Waals surface area contributed by atoms with Gasteiger partial charge in [-0.15, -0.1) is 0 Å². The van der Waals surface area contributed by atoms with E-state index >= 15 is 0 Å². The van der Waals surface area contributed by atoms with E-state index < -0.39 is 11.7 Å². The molecule has 0 spiro atoms. The summed E-state index contributed by atoms with van der Waals surface area (Å²) in [6.07, 6.45) is -1.10. The van der Waals surface area contributed by atoms with Crippen molar-refractivity contribution in [1.29, 1.82) is 0 Å². The molecule has 0 atom stereocenters. The molecule has 0 radical (unpaired) electrons. The van der Waals surface area contributed by atoms with Crippen LogP contribution < -0.4 is 11.1 Å². The van der Waals surface area contributed by atoms with Gasteiger partial charge in [0.15, 0.2) is 0 Å². The Hall–Kier alpha value is -1.39. The van der Waals surface area contributed by atoms with Gasteiger partial charge in [0, 0.05) is 6.54 Å². The zero-order chi connectivity index (χ0) is 14.5. The van der Waals surface area contributed by atoms with Gasteiger partial charge in [-0.3, -0.25) is 0 Å². The lowest BCUT2D eigenvalue weighted by Crippen LogP contribution is -2.08. The van der Waals surface area contributed by atoms with Gasteiger partial charge in [-0.25, -0.2) is 0 Å². The van der Waals surface area contributed by atoms with Crippen molar-refractivity contribution in [2.75, 3.05) is 17.6 Å². The zero-order valence-corrected chi connectivity index (χ0v) is 11.3. The number of halogens is 3. The van der Waals surface area contributed by atoms with E-state index in [1.165, 1.54) is 6.07 Å². The summed E-state index contributed by atoms with van der Waals surface area (Å²) in [6, 6.07) is 3.41. The highest BCUT2D eigenvalue weighted by atomic mass is 19.4. The maximum atomic E-state index is 12.5. The molecule has 0 aliphatic heterocycles. The number of rotatable bonds is 6. The van der Waals surface area contributed by atoms with Gasteiger partial charge in [0.05, 0.1) is 16.9 Å². The van der Waals surface area contributed by atoms with Crippen LogP contribution in [0.1, 0.15) is 38.7 Å². The van der Waals surface area contributed by atoms with E-state index in [2.05, 4.69) is 19.2 Å². The molecule has 0 unspecified atom stereocenters. The average molecular weight is 274 g/mol. The maximum Gasteiger partial charge on any atom is 0.416 e. The van der Waals surface area contributed by atoms with Gasteiger partial charge in [-0.1, -0.05) is 26.7 Å². The number of anilines is 2. The van der Waals surface area contributed by atoms with Gasteiger partial charge in [0.25, 0.3) is 0 Å². The minimum atomic E-state index is -4.34. The van der Waals surface area contributed by atoms with Gasteiger partial charge < -0.3 is 11.1 Å². The van der Waals surface area contributed by atoms with Crippen molar-refractivity contribution in [2.45, 2.75) is 39.3 Å². The first-order chi connectivity index (χ1) is 8.80. The van der Waals surface area contributed by atoms with E-state index in [1.807, 2.05) is 0 Å². The SMILES string of the molecule is CC(C)CCCCNc1ccc(C(F)(F)F)cc1N. The van der Waals surface area contributed by atoms with Crippen molar-refractivity contribution in [2.24, 2.45) is 5.92 Å². The van der Waals surface area contributed by atoms with Crippen molar-refractivity contribution in [3.8, 4) is 0 Å². The number of benzene rings is 1. The summed E-state index contributed by atoms with van der Waals surface area (Å²) >= 11 is 0. The van der Waals surface area contributed by atoms with Crippen molar-refractivity contribution in [3.05, 3.63) is 23.8 Å². The van der Waals surface area contributed by atoms with Crippen molar-refractivity contribution < 1.29 is 13.2 Å². The molecule has 1 aromatic rings. The molecule has 0 aliphatic carbocycles. The predicted octanol–water partition coefficient (Wildman–Crippen LogP) is 4.53. The van der Waals surface area contributed by atoms with E-state index in [4.69, 9.17) is 5.73 Å². The third kappa shape index (κ3) is 5.41. The Morgan fingerprint density at radius 1 is 1.21 bits per heavy atom. The lowest BCUT2D eigenvalue weighted by molar-refractivity contribution is -0.137. The fourth-order valence-electron chi connectivity index (χ4n) is 1.80. The Kier molecular flexibility index (Phi) is 5.51. The molecule has 0 aliphatic rings. The molecule has 3 N–H and O–H groups in total. The van der Waals surface area contributed by atoms with E-state index in [0.717, 1.165) is 37.9 Å². The van der Waals surface area contributed by atoms with Crippen molar-refractivity contribution >= 4 is 11.4 Å². The van der Waals surface area contributed by atoms with Gasteiger partial charge in [-0.2, -0.15) is 13.2 Å². The number of nitrogens with one attached hydrogen (secondary N) is 1. The minimum absolute atomic E-state index is 0.138. The van der Waals surface area contributed by atoms with Crippen LogP contribution in [0, 0.1) is 5.92 Å². The maximum absolute atomic E-state index is 12.5. The third-order valence-corrected chi connectivity index (χ3v) is 2.90. The molecule has 1 rings (SSSR count). The normalized spacial score (nSPS) is 11.9. The number of unbranched alkanes of at least 4 members (excludes halogenated alkanes) is 1. The van der Waals surface area contributed by atoms with Crippen molar-refractivity contribution in [1.82, 2.24) is 0 Å². The van der Waals surface area contributed by atoms with Crippen LogP contribution in [0.3, 0.4) is 0 Å². The summed E-state index contributed by atoms with van der Waals surface area (Å²) in [4.78, 5) is 0. The number of hydrogen-bond acceptors (Lipinski definition) is 2. The van der Waals surface area contributed by atoms with E-state index in [9.17, 15) is 13.2 Å². The van der Waals surface area contributed by atoms with Gasteiger partial charge in [0.1, 0.15) is 0 Å². The highest BCUT2D eigenvalue weighted by Crippen LogP contribution is 2.32. The van der Waals surface area contributed by atoms with E-state index in [-0.39, 0.29) is 5.69 Å². The highest BCUT2D eigenvalue weighted by Gasteiger charge is 2.30. The van der Waals surface area contributed by atoms with Crippen LogP contribution in [0.4, 0.5) is 24.5 Å². The number of hydrogen-bond donors (Lipinski definition) is 2. The van der Waals surface area contributed by atoms with Crippen LogP contribution in [0.15, 0.2) is 18.2 Å². The van der Waals surface area contributed by atoms with Gasteiger partial charge >= 0.3 is 6.18 Å². The third-order valence-electron chi connectivity index (χ3n) is 2.90. The second kappa shape index (κ2) is 6.68. The van der Waals surface area contributed by atoms with Crippen LogP contribution in [0.25, 0.3) is 0 Å². The second-order valence-electron chi connectivity index (χ2n) is 5.12. The second-order valence-corrected chi connectivity index (χ2v) is 5.12. The first-order valence-corrected chi connectivity index (χ1v) is 6.51. The molecule has 0 saturated heterocycles. The Labute approximate surface area is 112 Å². The summed E-state index contributed by atoms with van der Waals surface area (Å²) < 4.78 is 37.4. The Morgan fingerprint density at radius 3 is 2.42 bits per heavy atom. The quantitative estimate of drug-likeness (QED) is 0.591. The molecule has 0 bridgehead atoms.